The molecule has 0 spiro atoms. The van der Waals surface area contributed by atoms with Crippen molar-refractivity contribution < 1.29 is 4.79 Å². The number of carbonyl (C=O) groups is 1. The van der Waals surface area contributed by atoms with Crippen molar-refractivity contribution in [1.29, 1.82) is 0 Å². The molecular weight excluding hydrogens is 264 g/mol. The summed E-state index contributed by atoms with van der Waals surface area (Å²) in [5.74, 6) is 1.45. The average Bonchev–Trinajstić information content (AvgIpc) is 2.48. The highest BCUT2D eigenvalue weighted by atomic mass is 16.1. The van der Waals surface area contributed by atoms with Crippen LogP contribution in [0.3, 0.4) is 0 Å². The van der Waals surface area contributed by atoms with Crippen LogP contribution < -0.4 is 11.1 Å². The lowest BCUT2D eigenvalue weighted by Crippen LogP contribution is -2.49. The number of aromatic nitrogens is 2. The summed E-state index contributed by atoms with van der Waals surface area (Å²) in [6, 6.07) is 0.322. The Kier molecular flexibility index (Phi) is 4.48. The molecular formula is C16H24N4O. The largest absolute Gasteiger partial charge is 0.355 e. The molecule has 2 atom stereocenters. The van der Waals surface area contributed by atoms with Crippen molar-refractivity contribution in [2.45, 2.75) is 44.6 Å². The number of nitrogens with two attached hydrogens (primary N) is 1. The Morgan fingerprint density at radius 1 is 1.29 bits per heavy atom. The fourth-order valence-corrected chi connectivity index (χ4v) is 3.92. The molecule has 2 unspecified atom stereocenters. The van der Waals surface area contributed by atoms with E-state index in [2.05, 4.69) is 15.3 Å². The number of hydrogen-bond donors (Lipinski definition) is 2. The highest BCUT2D eigenvalue weighted by molar-refractivity contribution is 5.78. The molecule has 1 aromatic rings. The van der Waals surface area contributed by atoms with E-state index in [0.29, 0.717) is 24.4 Å². The zero-order valence-corrected chi connectivity index (χ0v) is 12.4. The van der Waals surface area contributed by atoms with Gasteiger partial charge in [0.25, 0.3) is 0 Å². The maximum absolute atomic E-state index is 12.3. The molecule has 114 valence electrons. The monoisotopic (exact) mass is 288 g/mol. The number of nitrogens with zero attached hydrogens (tertiary/aromatic N) is 2. The third-order valence-electron chi connectivity index (χ3n) is 5.08. The molecule has 1 aromatic heterocycles. The van der Waals surface area contributed by atoms with Crippen LogP contribution in [0.1, 0.15) is 37.8 Å². The zero-order chi connectivity index (χ0) is 14.7. The van der Waals surface area contributed by atoms with E-state index in [1.165, 1.54) is 19.3 Å². The van der Waals surface area contributed by atoms with Crippen LogP contribution in [0.4, 0.5) is 0 Å². The number of rotatable bonds is 4. The number of amides is 1. The molecule has 0 radical (unpaired) electrons. The molecule has 2 bridgehead atoms. The lowest BCUT2D eigenvalue weighted by molar-refractivity contribution is -0.127. The van der Waals surface area contributed by atoms with Crippen LogP contribution in [0.2, 0.25) is 0 Å². The second kappa shape index (κ2) is 6.52. The molecule has 3 rings (SSSR count). The predicted octanol–water partition coefficient (Wildman–Crippen LogP) is 1.29. The first-order chi connectivity index (χ1) is 10.2. The van der Waals surface area contributed by atoms with Crippen LogP contribution in [0, 0.1) is 17.8 Å². The third-order valence-corrected chi connectivity index (χ3v) is 5.08. The molecule has 0 aliphatic heterocycles. The molecule has 21 heavy (non-hydrogen) atoms. The summed E-state index contributed by atoms with van der Waals surface area (Å²) >= 11 is 0. The second-order valence-electron chi connectivity index (χ2n) is 6.43. The molecule has 5 heteroatoms. The van der Waals surface area contributed by atoms with Crippen LogP contribution in [-0.4, -0.2) is 28.5 Å². The summed E-state index contributed by atoms with van der Waals surface area (Å²) in [5, 5.41) is 3.06. The Morgan fingerprint density at radius 2 is 2.05 bits per heavy atom. The van der Waals surface area contributed by atoms with Crippen molar-refractivity contribution in [3.8, 4) is 0 Å². The fourth-order valence-electron chi connectivity index (χ4n) is 3.92. The van der Waals surface area contributed by atoms with Crippen molar-refractivity contribution in [2.75, 3.05) is 6.54 Å². The van der Waals surface area contributed by atoms with E-state index in [4.69, 9.17) is 5.73 Å². The van der Waals surface area contributed by atoms with Gasteiger partial charge in [-0.1, -0.05) is 6.42 Å². The SMILES string of the molecule is NC1C2CCCC1CC(C(=O)NCCc1cnccn1)C2. The van der Waals surface area contributed by atoms with Crippen LogP contribution in [0.25, 0.3) is 0 Å². The van der Waals surface area contributed by atoms with Crippen LogP contribution in [0.5, 0.6) is 0 Å². The van der Waals surface area contributed by atoms with Gasteiger partial charge in [-0.2, -0.15) is 0 Å². The molecule has 1 amide bonds. The third kappa shape index (κ3) is 3.40. The van der Waals surface area contributed by atoms with Crippen molar-refractivity contribution >= 4 is 5.91 Å². The summed E-state index contributed by atoms with van der Waals surface area (Å²) in [4.78, 5) is 20.6. The van der Waals surface area contributed by atoms with Crippen LogP contribution >= 0.6 is 0 Å². The van der Waals surface area contributed by atoms with Gasteiger partial charge in [0.05, 0.1) is 5.69 Å². The van der Waals surface area contributed by atoms with E-state index < -0.39 is 0 Å². The first kappa shape index (κ1) is 14.4. The van der Waals surface area contributed by atoms with E-state index in [1.54, 1.807) is 18.6 Å². The summed E-state index contributed by atoms with van der Waals surface area (Å²) < 4.78 is 0. The van der Waals surface area contributed by atoms with Gasteiger partial charge >= 0.3 is 0 Å². The fraction of sp³-hybridized carbons (Fsp3) is 0.688. The second-order valence-corrected chi connectivity index (χ2v) is 6.43. The minimum absolute atomic E-state index is 0.155. The van der Waals surface area contributed by atoms with E-state index in [1.807, 2.05) is 0 Å². The van der Waals surface area contributed by atoms with Gasteiger partial charge in [0.2, 0.25) is 5.91 Å². The maximum atomic E-state index is 12.3. The molecule has 5 nitrogen and oxygen atoms in total. The lowest BCUT2D eigenvalue weighted by atomic mass is 9.65. The predicted molar refractivity (Wildman–Crippen MR) is 80.3 cm³/mol. The van der Waals surface area contributed by atoms with Gasteiger partial charge in [0.1, 0.15) is 0 Å². The van der Waals surface area contributed by atoms with Gasteiger partial charge in [-0.15, -0.1) is 0 Å². The number of nitrogens with one attached hydrogen (secondary N) is 1. The van der Waals surface area contributed by atoms with Gasteiger partial charge in [-0.3, -0.25) is 14.8 Å². The first-order valence-electron chi connectivity index (χ1n) is 8.02. The molecule has 2 aliphatic carbocycles. The van der Waals surface area contributed by atoms with Crippen molar-refractivity contribution in [1.82, 2.24) is 15.3 Å². The molecule has 2 fully saturated rings. The number of carbonyl (C=O) groups excluding carboxylic acids is 1. The molecule has 0 saturated heterocycles. The van der Waals surface area contributed by atoms with E-state index in [-0.39, 0.29) is 11.8 Å². The van der Waals surface area contributed by atoms with Gasteiger partial charge in [-0.25, -0.2) is 0 Å². The quantitative estimate of drug-likeness (QED) is 0.875. The summed E-state index contributed by atoms with van der Waals surface area (Å²) in [7, 11) is 0. The molecule has 3 N–H and O–H groups in total. The highest BCUT2D eigenvalue weighted by Crippen LogP contribution is 2.41. The van der Waals surface area contributed by atoms with Crippen molar-refractivity contribution in [3.05, 3.63) is 24.3 Å². The van der Waals surface area contributed by atoms with Gasteiger partial charge in [0, 0.05) is 43.5 Å². The van der Waals surface area contributed by atoms with Crippen LogP contribution in [-0.2, 0) is 11.2 Å². The molecule has 2 aliphatic rings. The normalized spacial score (nSPS) is 31.7. The lowest BCUT2D eigenvalue weighted by Gasteiger charge is -2.43. The smallest absolute Gasteiger partial charge is 0.223 e. The number of hydrogen-bond acceptors (Lipinski definition) is 4. The summed E-state index contributed by atoms with van der Waals surface area (Å²) in [5.41, 5.74) is 7.19. The van der Waals surface area contributed by atoms with E-state index >= 15 is 0 Å². The average molecular weight is 288 g/mol. The van der Waals surface area contributed by atoms with Gasteiger partial charge in [0.15, 0.2) is 0 Å². The Balaban J connectivity index is 1.47. The van der Waals surface area contributed by atoms with Crippen LogP contribution in [0.15, 0.2) is 18.6 Å². The summed E-state index contributed by atoms with van der Waals surface area (Å²) in [6.07, 6.45) is 11.4. The molecule has 2 saturated carbocycles. The van der Waals surface area contributed by atoms with E-state index in [0.717, 1.165) is 25.0 Å². The minimum atomic E-state index is 0.155. The Labute approximate surface area is 125 Å². The Morgan fingerprint density at radius 3 is 2.71 bits per heavy atom. The summed E-state index contributed by atoms with van der Waals surface area (Å²) in [6.45, 7) is 0.634. The maximum Gasteiger partial charge on any atom is 0.223 e. The van der Waals surface area contributed by atoms with Crippen molar-refractivity contribution in [3.63, 3.8) is 0 Å². The van der Waals surface area contributed by atoms with Crippen molar-refractivity contribution in [2.24, 2.45) is 23.5 Å². The highest BCUT2D eigenvalue weighted by Gasteiger charge is 2.40. The first-order valence-corrected chi connectivity index (χ1v) is 8.02. The minimum Gasteiger partial charge on any atom is -0.355 e. The number of fused-ring (bicyclic) bond motifs is 2. The Bertz CT molecular complexity index is 464. The van der Waals surface area contributed by atoms with E-state index in [9.17, 15) is 4.79 Å². The molecule has 0 aromatic carbocycles. The Hall–Kier alpha value is -1.49. The topological polar surface area (TPSA) is 80.9 Å². The standard InChI is InChI=1S/C16H24N4O/c17-15-11-2-1-3-12(15)9-13(8-11)16(21)20-5-4-14-10-18-6-7-19-14/h6-7,10-13,15H,1-5,8-9,17H2,(H,20,21). The van der Waals surface area contributed by atoms with Gasteiger partial charge < -0.3 is 11.1 Å². The molecule has 1 heterocycles. The zero-order valence-electron chi connectivity index (χ0n) is 12.4. The van der Waals surface area contributed by atoms with Gasteiger partial charge in [-0.05, 0) is 37.5 Å².